The van der Waals surface area contributed by atoms with Crippen molar-refractivity contribution < 1.29 is 24.2 Å². The van der Waals surface area contributed by atoms with Gasteiger partial charge in [-0.2, -0.15) is 0 Å². The normalized spacial score (nSPS) is 34.8. The molecule has 1 unspecified atom stereocenters. The third kappa shape index (κ3) is 3.67. The molecule has 1 N–H and O–H groups in total. The molecule has 0 aliphatic carbocycles. The highest BCUT2D eigenvalue weighted by Crippen LogP contribution is 2.61. The van der Waals surface area contributed by atoms with Crippen LogP contribution in [0.4, 0.5) is 0 Å². The maximum absolute atomic E-state index is 14.1. The second kappa shape index (κ2) is 9.23. The Kier molecular flexibility index (Phi) is 6.29. The Morgan fingerprint density at radius 1 is 1.18 bits per heavy atom. The van der Waals surface area contributed by atoms with Crippen LogP contribution in [0.5, 0.6) is 0 Å². The molecular formula is C26H30N2O5S. The molecule has 0 radical (unpaired) electrons. The molecule has 7 nitrogen and oxygen atoms in total. The first-order valence-corrected chi connectivity index (χ1v) is 12.8. The number of esters is 1. The lowest BCUT2D eigenvalue weighted by Gasteiger charge is -2.37. The lowest BCUT2D eigenvalue weighted by atomic mass is 9.78. The minimum Gasteiger partial charge on any atom is -0.465 e. The number of ether oxygens (including phenoxy) is 1. The van der Waals surface area contributed by atoms with Crippen molar-refractivity contribution in [1.29, 1.82) is 0 Å². The number of fused-ring (bicyclic) bond motifs is 2. The summed E-state index contributed by atoms with van der Waals surface area (Å²) < 4.78 is 4.67. The van der Waals surface area contributed by atoms with Gasteiger partial charge in [-0.25, -0.2) is 0 Å². The van der Waals surface area contributed by atoms with Gasteiger partial charge in [-0.1, -0.05) is 54.6 Å². The Balaban J connectivity index is 1.58. The minimum atomic E-state index is -0.888. The number of thioether (sulfide) groups is 1. The van der Waals surface area contributed by atoms with E-state index in [0.29, 0.717) is 19.7 Å². The number of hydrogen-bond acceptors (Lipinski definition) is 6. The second-order valence-corrected chi connectivity index (χ2v) is 11.0. The van der Waals surface area contributed by atoms with Crippen molar-refractivity contribution in [3.63, 3.8) is 0 Å². The molecule has 8 heteroatoms. The van der Waals surface area contributed by atoms with E-state index < -0.39 is 28.7 Å². The molecule has 34 heavy (non-hydrogen) atoms. The Labute approximate surface area is 203 Å². The molecule has 2 saturated heterocycles. The number of carbonyl (C=O) groups is 3. The van der Waals surface area contributed by atoms with E-state index in [4.69, 9.17) is 4.74 Å². The fourth-order valence-electron chi connectivity index (χ4n) is 5.75. The van der Waals surface area contributed by atoms with E-state index in [1.807, 2.05) is 48.6 Å². The third-order valence-electron chi connectivity index (χ3n) is 7.33. The largest absolute Gasteiger partial charge is 0.465 e. The summed E-state index contributed by atoms with van der Waals surface area (Å²) in [5.41, 5.74) is 1.01. The van der Waals surface area contributed by atoms with Crippen LogP contribution >= 0.6 is 11.8 Å². The van der Waals surface area contributed by atoms with Crippen LogP contribution in [0.15, 0.2) is 54.6 Å². The molecule has 1 aromatic carbocycles. The maximum atomic E-state index is 14.1. The zero-order valence-electron chi connectivity index (χ0n) is 19.2. The fraction of sp³-hybridized carbons (Fsp3) is 0.500. The third-order valence-corrected chi connectivity index (χ3v) is 9.07. The number of nitrogens with zero attached hydrogens (tertiary/aromatic N) is 2. The van der Waals surface area contributed by atoms with Gasteiger partial charge in [-0.15, -0.1) is 11.8 Å². The van der Waals surface area contributed by atoms with Crippen molar-refractivity contribution in [3.05, 3.63) is 60.2 Å². The number of aliphatic hydroxyl groups is 1. The maximum Gasteiger partial charge on any atom is 0.311 e. The monoisotopic (exact) mass is 482 g/mol. The van der Waals surface area contributed by atoms with Gasteiger partial charge < -0.3 is 19.6 Å². The average Bonchev–Trinajstić information content (AvgIpc) is 3.26. The molecule has 4 aliphatic heterocycles. The summed E-state index contributed by atoms with van der Waals surface area (Å²) in [6, 6.07) is 8.42. The quantitative estimate of drug-likeness (QED) is 0.523. The standard InChI is InChI=1S/C26H30N2O5S/c1-17(16-29)28-22-24(31)27(15-18-9-4-2-5-10-18)13-8-12-26(22)21(23(28)30)20-19(34-26)11-6-3-7-14-33-25(20)32/h2,4-6,8-12,17,19-22,29H,3,7,13-16H2,1H3/b11-6-/t17-,19-,20+,21+,22?,26+/m1/s1. The molecule has 180 valence electrons. The number of amides is 2. The van der Waals surface area contributed by atoms with E-state index in [1.54, 1.807) is 11.8 Å². The van der Waals surface area contributed by atoms with Gasteiger partial charge in [-0.05, 0) is 25.3 Å². The summed E-state index contributed by atoms with van der Waals surface area (Å²) in [7, 11) is 0. The molecule has 5 rings (SSSR count). The van der Waals surface area contributed by atoms with Crippen LogP contribution in [0.3, 0.4) is 0 Å². The number of aliphatic hydroxyl groups excluding tert-OH is 1. The Morgan fingerprint density at radius 2 is 1.97 bits per heavy atom. The van der Waals surface area contributed by atoms with Crippen LogP contribution in [-0.2, 0) is 25.7 Å². The van der Waals surface area contributed by atoms with Crippen molar-refractivity contribution in [1.82, 2.24) is 9.80 Å². The van der Waals surface area contributed by atoms with Crippen molar-refractivity contribution in [3.8, 4) is 0 Å². The minimum absolute atomic E-state index is 0.152. The van der Waals surface area contributed by atoms with Crippen molar-refractivity contribution in [2.75, 3.05) is 19.8 Å². The summed E-state index contributed by atoms with van der Waals surface area (Å²) in [4.78, 5) is 44.5. The molecule has 6 atom stereocenters. The van der Waals surface area contributed by atoms with Crippen molar-refractivity contribution >= 4 is 29.5 Å². The lowest BCUT2D eigenvalue weighted by molar-refractivity contribution is -0.153. The summed E-state index contributed by atoms with van der Waals surface area (Å²) in [5, 5.41) is 9.74. The first-order valence-electron chi connectivity index (χ1n) is 11.9. The Morgan fingerprint density at radius 3 is 2.74 bits per heavy atom. The molecule has 0 bridgehead atoms. The number of rotatable bonds is 4. The van der Waals surface area contributed by atoms with Gasteiger partial charge in [0.15, 0.2) is 0 Å². The summed E-state index contributed by atoms with van der Waals surface area (Å²) >= 11 is 1.53. The number of carbonyl (C=O) groups excluding carboxylic acids is 3. The zero-order valence-corrected chi connectivity index (χ0v) is 20.0. The highest BCUT2D eigenvalue weighted by molar-refractivity contribution is 8.02. The van der Waals surface area contributed by atoms with Crippen LogP contribution in [0.25, 0.3) is 0 Å². The Hall–Kier alpha value is -2.58. The van der Waals surface area contributed by atoms with E-state index in [2.05, 4.69) is 6.08 Å². The first kappa shape index (κ1) is 23.2. The highest BCUT2D eigenvalue weighted by Gasteiger charge is 2.71. The molecular weight excluding hydrogens is 452 g/mol. The number of likely N-dealkylation sites (tertiary alicyclic amines) is 1. The van der Waals surface area contributed by atoms with Gasteiger partial charge in [0.1, 0.15) is 6.04 Å². The molecule has 4 heterocycles. The smallest absolute Gasteiger partial charge is 0.311 e. The molecule has 0 aromatic heterocycles. The molecule has 2 fully saturated rings. The molecule has 2 amide bonds. The topological polar surface area (TPSA) is 87.2 Å². The second-order valence-electron chi connectivity index (χ2n) is 9.46. The number of cyclic esters (lactones) is 1. The SMILES string of the molecule is C[C@H](CO)N1C(=O)[C@@H]2[C@H]3C(=O)OCCC/C=C\[C@H]3S[C@@]23C=CCN(Cc2ccccc2)C(=O)C13. The van der Waals surface area contributed by atoms with Gasteiger partial charge >= 0.3 is 5.97 Å². The lowest BCUT2D eigenvalue weighted by Crippen LogP contribution is -2.55. The van der Waals surface area contributed by atoms with Crippen LogP contribution in [-0.4, -0.2) is 74.5 Å². The number of hydrogen-bond donors (Lipinski definition) is 1. The molecule has 1 aromatic rings. The zero-order chi connectivity index (χ0) is 23.9. The molecule has 4 aliphatic rings. The van der Waals surface area contributed by atoms with E-state index >= 15 is 0 Å². The van der Waals surface area contributed by atoms with E-state index in [9.17, 15) is 19.5 Å². The number of allylic oxidation sites excluding steroid dienone is 1. The average molecular weight is 483 g/mol. The van der Waals surface area contributed by atoms with E-state index in [0.717, 1.165) is 18.4 Å². The summed E-state index contributed by atoms with van der Waals surface area (Å²) in [5.74, 6) is -2.16. The van der Waals surface area contributed by atoms with Crippen LogP contribution < -0.4 is 0 Å². The van der Waals surface area contributed by atoms with E-state index in [1.165, 1.54) is 16.7 Å². The predicted octanol–water partition coefficient (Wildman–Crippen LogP) is 2.16. The van der Waals surface area contributed by atoms with Crippen molar-refractivity contribution in [2.45, 2.75) is 48.4 Å². The van der Waals surface area contributed by atoms with Gasteiger partial charge in [0.2, 0.25) is 11.8 Å². The highest BCUT2D eigenvalue weighted by atomic mass is 32.2. The molecule has 0 saturated carbocycles. The van der Waals surface area contributed by atoms with E-state index in [-0.39, 0.29) is 29.6 Å². The summed E-state index contributed by atoms with van der Waals surface area (Å²) in [6.07, 6.45) is 9.57. The fourth-order valence-corrected chi connectivity index (χ4v) is 7.74. The summed E-state index contributed by atoms with van der Waals surface area (Å²) in [6.45, 7) is 2.66. The van der Waals surface area contributed by atoms with Crippen LogP contribution in [0.1, 0.15) is 25.3 Å². The van der Waals surface area contributed by atoms with Gasteiger partial charge in [0.25, 0.3) is 0 Å². The predicted molar refractivity (Wildman–Crippen MR) is 129 cm³/mol. The van der Waals surface area contributed by atoms with Gasteiger partial charge in [-0.3, -0.25) is 14.4 Å². The van der Waals surface area contributed by atoms with Crippen LogP contribution in [0, 0.1) is 11.8 Å². The Bertz CT molecular complexity index is 1030. The van der Waals surface area contributed by atoms with Gasteiger partial charge in [0.05, 0.1) is 35.8 Å². The first-order chi connectivity index (χ1) is 16.5. The number of benzene rings is 1. The van der Waals surface area contributed by atoms with Gasteiger partial charge in [0, 0.05) is 18.3 Å². The van der Waals surface area contributed by atoms with Crippen LogP contribution in [0.2, 0.25) is 0 Å². The molecule has 1 spiro atoms. The van der Waals surface area contributed by atoms with Crippen molar-refractivity contribution in [2.24, 2.45) is 11.8 Å².